The Morgan fingerprint density at radius 2 is 1.72 bits per heavy atom. The highest BCUT2D eigenvalue weighted by molar-refractivity contribution is 6.42. The summed E-state index contributed by atoms with van der Waals surface area (Å²) in [4.78, 5) is 19.1. The van der Waals surface area contributed by atoms with Crippen LogP contribution in [0.2, 0.25) is 15.1 Å². The van der Waals surface area contributed by atoms with Gasteiger partial charge in [-0.2, -0.15) is 0 Å². The molecular weight excluding hydrogens is 471 g/mol. The highest BCUT2D eigenvalue weighted by Gasteiger charge is 2.17. The third kappa shape index (κ3) is 6.47. The van der Waals surface area contributed by atoms with E-state index in [0.717, 1.165) is 5.56 Å². The SMILES string of the molecule is CN(C)CCOc1cc(Cl)c(Cl)cc1Oc1ncccc1C(=O)/C=C/c1ccccc1Cl. The quantitative estimate of drug-likeness (QED) is 0.247. The summed E-state index contributed by atoms with van der Waals surface area (Å²) in [5.41, 5.74) is 1.01. The Morgan fingerprint density at radius 1 is 1.00 bits per heavy atom. The van der Waals surface area contributed by atoms with Gasteiger partial charge in [0, 0.05) is 29.9 Å². The van der Waals surface area contributed by atoms with Crippen molar-refractivity contribution in [3.05, 3.63) is 87.0 Å². The van der Waals surface area contributed by atoms with Crippen molar-refractivity contribution in [2.24, 2.45) is 0 Å². The zero-order valence-electron chi connectivity index (χ0n) is 17.5. The Balaban J connectivity index is 1.87. The van der Waals surface area contributed by atoms with Gasteiger partial charge in [0.15, 0.2) is 17.3 Å². The van der Waals surface area contributed by atoms with Crippen molar-refractivity contribution < 1.29 is 14.3 Å². The van der Waals surface area contributed by atoms with Gasteiger partial charge in [-0.25, -0.2) is 4.98 Å². The molecule has 0 aliphatic carbocycles. The lowest BCUT2D eigenvalue weighted by molar-refractivity contribution is 0.104. The number of rotatable bonds is 9. The number of allylic oxidation sites excluding steroid dienone is 1. The molecule has 1 heterocycles. The fourth-order valence-corrected chi connectivity index (χ4v) is 3.18. The van der Waals surface area contributed by atoms with Gasteiger partial charge in [0.25, 0.3) is 0 Å². The van der Waals surface area contributed by atoms with Gasteiger partial charge in [-0.05, 0) is 50.0 Å². The topological polar surface area (TPSA) is 51.7 Å². The second kappa shape index (κ2) is 11.3. The van der Waals surface area contributed by atoms with Gasteiger partial charge >= 0.3 is 0 Å². The molecule has 0 aliphatic rings. The number of carbonyl (C=O) groups is 1. The summed E-state index contributed by atoms with van der Waals surface area (Å²) in [5, 5.41) is 1.18. The summed E-state index contributed by atoms with van der Waals surface area (Å²) in [7, 11) is 3.88. The Hall–Kier alpha value is -2.57. The molecule has 0 atom stereocenters. The van der Waals surface area contributed by atoms with Crippen LogP contribution in [0.25, 0.3) is 6.08 Å². The molecule has 0 N–H and O–H groups in total. The highest BCUT2D eigenvalue weighted by atomic mass is 35.5. The average Bonchev–Trinajstić information content (AvgIpc) is 2.76. The number of hydrogen-bond acceptors (Lipinski definition) is 5. The molecule has 3 aromatic rings. The average molecular weight is 492 g/mol. The lowest BCUT2D eigenvalue weighted by Gasteiger charge is -2.16. The molecule has 32 heavy (non-hydrogen) atoms. The predicted molar refractivity (Wildman–Crippen MR) is 130 cm³/mol. The molecule has 0 aliphatic heterocycles. The number of likely N-dealkylation sites (N-methyl/N-ethyl adjacent to an activating group) is 1. The van der Waals surface area contributed by atoms with E-state index in [1.165, 1.54) is 18.3 Å². The molecule has 0 bridgehead atoms. The van der Waals surface area contributed by atoms with Gasteiger partial charge in [0.2, 0.25) is 5.88 Å². The van der Waals surface area contributed by atoms with Crippen LogP contribution in [0, 0.1) is 0 Å². The molecule has 1 aromatic heterocycles. The molecule has 0 saturated heterocycles. The maximum absolute atomic E-state index is 12.9. The second-order valence-electron chi connectivity index (χ2n) is 7.04. The summed E-state index contributed by atoms with van der Waals surface area (Å²) < 4.78 is 11.8. The molecule has 0 amide bonds. The first-order valence-electron chi connectivity index (χ1n) is 9.71. The third-order valence-corrected chi connectivity index (χ3v) is 5.41. The van der Waals surface area contributed by atoms with Crippen LogP contribution in [0.5, 0.6) is 17.4 Å². The van der Waals surface area contributed by atoms with Crippen molar-refractivity contribution >= 4 is 46.7 Å². The molecule has 0 saturated carbocycles. The van der Waals surface area contributed by atoms with Crippen molar-refractivity contribution in [3.8, 4) is 17.4 Å². The Kier molecular flexibility index (Phi) is 8.53. The zero-order valence-corrected chi connectivity index (χ0v) is 19.8. The normalized spacial score (nSPS) is 11.2. The summed E-state index contributed by atoms with van der Waals surface area (Å²) in [6.07, 6.45) is 4.61. The highest BCUT2D eigenvalue weighted by Crippen LogP contribution is 2.38. The molecule has 0 unspecified atom stereocenters. The predicted octanol–water partition coefficient (Wildman–Crippen LogP) is 6.67. The monoisotopic (exact) mass is 490 g/mol. The number of hydrogen-bond donors (Lipinski definition) is 0. The van der Waals surface area contributed by atoms with E-state index in [2.05, 4.69) is 4.98 Å². The first-order chi connectivity index (χ1) is 15.3. The third-order valence-electron chi connectivity index (χ3n) is 4.35. The van der Waals surface area contributed by atoms with Crippen LogP contribution in [0.3, 0.4) is 0 Å². The second-order valence-corrected chi connectivity index (χ2v) is 8.26. The van der Waals surface area contributed by atoms with Crippen LogP contribution >= 0.6 is 34.8 Å². The summed E-state index contributed by atoms with van der Waals surface area (Å²) in [6, 6.07) is 13.7. The maximum Gasteiger partial charge on any atom is 0.230 e. The van der Waals surface area contributed by atoms with Crippen molar-refractivity contribution in [2.75, 3.05) is 27.2 Å². The largest absolute Gasteiger partial charge is 0.488 e. The van der Waals surface area contributed by atoms with Gasteiger partial charge in [-0.15, -0.1) is 0 Å². The molecule has 0 spiro atoms. The number of carbonyl (C=O) groups excluding carboxylic acids is 1. The van der Waals surface area contributed by atoms with Crippen LogP contribution in [-0.4, -0.2) is 42.9 Å². The fraction of sp³-hybridized carbons (Fsp3) is 0.167. The van der Waals surface area contributed by atoms with E-state index in [1.807, 2.05) is 37.2 Å². The van der Waals surface area contributed by atoms with Crippen molar-refractivity contribution in [2.45, 2.75) is 0 Å². The van der Waals surface area contributed by atoms with Crippen LogP contribution in [0.1, 0.15) is 15.9 Å². The number of pyridine rings is 1. The number of benzene rings is 2. The van der Waals surface area contributed by atoms with Crippen molar-refractivity contribution in [1.29, 1.82) is 0 Å². The number of ether oxygens (including phenoxy) is 2. The van der Waals surface area contributed by atoms with Gasteiger partial charge < -0.3 is 14.4 Å². The van der Waals surface area contributed by atoms with Crippen LogP contribution in [-0.2, 0) is 0 Å². The van der Waals surface area contributed by atoms with Gasteiger partial charge in [-0.1, -0.05) is 53.0 Å². The Morgan fingerprint density at radius 3 is 2.44 bits per heavy atom. The van der Waals surface area contributed by atoms with Crippen molar-refractivity contribution in [1.82, 2.24) is 9.88 Å². The maximum atomic E-state index is 12.9. The Labute approximate surface area is 202 Å². The van der Waals surface area contributed by atoms with Gasteiger partial charge in [0.1, 0.15) is 6.61 Å². The zero-order chi connectivity index (χ0) is 23.1. The lowest BCUT2D eigenvalue weighted by atomic mass is 10.1. The molecule has 3 rings (SSSR count). The van der Waals surface area contributed by atoms with E-state index in [0.29, 0.717) is 39.7 Å². The van der Waals surface area contributed by atoms with Crippen LogP contribution < -0.4 is 9.47 Å². The first-order valence-corrected chi connectivity index (χ1v) is 10.8. The molecule has 8 heteroatoms. The van der Waals surface area contributed by atoms with E-state index in [1.54, 1.807) is 30.3 Å². The molecule has 2 aromatic carbocycles. The molecular formula is C24H21Cl3N2O3. The number of halogens is 3. The number of ketones is 1. The minimum atomic E-state index is -0.289. The van der Waals surface area contributed by atoms with Crippen LogP contribution in [0.4, 0.5) is 0 Å². The number of nitrogens with zero attached hydrogens (tertiary/aromatic N) is 2. The van der Waals surface area contributed by atoms with Gasteiger partial charge in [0.05, 0.1) is 15.6 Å². The summed E-state index contributed by atoms with van der Waals surface area (Å²) in [6.45, 7) is 1.11. The fourth-order valence-electron chi connectivity index (χ4n) is 2.67. The lowest BCUT2D eigenvalue weighted by Crippen LogP contribution is -2.19. The summed E-state index contributed by atoms with van der Waals surface area (Å²) in [5.74, 6) is 0.540. The molecule has 0 radical (unpaired) electrons. The smallest absolute Gasteiger partial charge is 0.230 e. The van der Waals surface area contributed by atoms with Crippen molar-refractivity contribution in [3.63, 3.8) is 0 Å². The van der Waals surface area contributed by atoms with E-state index in [4.69, 9.17) is 44.3 Å². The van der Waals surface area contributed by atoms with E-state index < -0.39 is 0 Å². The Bertz CT molecular complexity index is 1130. The van der Waals surface area contributed by atoms with E-state index in [9.17, 15) is 4.79 Å². The molecule has 0 fully saturated rings. The van der Waals surface area contributed by atoms with Gasteiger partial charge in [-0.3, -0.25) is 4.79 Å². The minimum absolute atomic E-state index is 0.122. The van der Waals surface area contributed by atoms with E-state index >= 15 is 0 Å². The first kappa shape index (κ1) is 24.1. The summed E-state index contributed by atoms with van der Waals surface area (Å²) >= 11 is 18.5. The van der Waals surface area contributed by atoms with E-state index in [-0.39, 0.29) is 17.2 Å². The molecule has 166 valence electrons. The number of aromatic nitrogens is 1. The standard InChI is InChI=1S/C24H21Cl3N2O3/c1-29(2)12-13-31-22-14-19(26)20(27)15-23(22)32-24-17(7-5-11-28-24)21(30)10-9-16-6-3-4-8-18(16)25/h3-11,14-15H,12-13H2,1-2H3/b10-9+. The molecule has 5 nitrogen and oxygen atoms in total. The minimum Gasteiger partial charge on any atom is -0.488 e. The van der Waals surface area contributed by atoms with Crippen LogP contribution in [0.15, 0.2) is 60.8 Å².